The fourth-order valence-corrected chi connectivity index (χ4v) is 5.39. The highest BCUT2D eigenvalue weighted by Crippen LogP contribution is 2.49. The second-order valence-corrected chi connectivity index (χ2v) is 8.15. The SMILES string of the molecule is O=C(O)[C@@]12CCC[C@H]1CN(Cc1cc(Br)c(Cl)s1)C2. The van der Waals surface area contributed by atoms with Crippen LogP contribution in [0.1, 0.15) is 24.1 Å². The zero-order valence-electron chi connectivity index (χ0n) is 10.4. The first-order valence-electron chi connectivity index (χ1n) is 6.41. The first-order chi connectivity index (χ1) is 9.01. The molecule has 0 amide bonds. The van der Waals surface area contributed by atoms with E-state index in [1.807, 2.05) is 6.07 Å². The highest BCUT2D eigenvalue weighted by atomic mass is 79.9. The number of likely N-dealkylation sites (tertiary alicyclic amines) is 1. The van der Waals surface area contributed by atoms with Crippen molar-refractivity contribution >= 4 is 44.8 Å². The minimum Gasteiger partial charge on any atom is -0.481 e. The number of hydrogen-bond donors (Lipinski definition) is 1. The topological polar surface area (TPSA) is 40.5 Å². The Kier molecular flexibility index (Phi) is 3.67. The Bertz CT molecular complexity index is 501. The molecule has 1 aliphatic carbocycles. The molecule has 3 nitrogen and oxygen atoms in total. The number of thiophene rings is 1. The van der Waals surface area contributed by atoms with E-state index in [1.54, 1.807) is 11.3 Å². The number of halogens is 2. The molecule has 6 heteroatoms. The number of fused-ring (bicyclic) bond motifs is 1. The summed E-state index contributed by atoms with van der Waals surface area (Å²) < 4.78 is 1.70. The molecule has 19 heavy (non-hydrogen) atoms. The molecular weight excluding hydrogens is 350 g/mol. The van der Waals surface area contributed by atoms with Crippen molar-refractivity contribution < 1.29 is 9.90 Å². The maximum atomic E-state index is 11.6. The molecule has 2 atom stereocenters. The predicted octanol–water partition coefficient (Wildman–Crippen LogP) is 3.85. The van der Waals surface area contributed by atoms with Crippen LogP contribution in [0.3, 0.4) is 0 Å². The lowest BCUT2D eigenvalue weighted by molar-refractivity contribution is -0.149. The summed E-state index contributed by atoms with van der Waals surface area (Å²) in [7, 11) is 0. The average Bonchev–Trinajstić information content (AvgIpc) is 2.93. The Labute approximate surface area is 129 Å². The third-order valence-electron chi connectivity index (χ3n) is 4.44. The van der Waals surface area contributed by atoms with Gasteiger partial charge in [-0.15, -0.1) is 11.3 Å². The van der Waals surface area contributed by atoms with Crippen LogP contribution in [0, 0.1) is 11.3 Å². The summed E-state index contributed by atoms with van der Waals surface area (Å²) in [5.74, 6) is -0.285. The Morgan fingerprint density at radius 3 is 3.05 bits per heavy atom. The molecule has 1 aliphatic heterocycles. The van der Waals surface area contributed by atoms with Crippen molar-refractivity contribution in [2.75, 3.05) is 13.1 Å². The van der Waals surface area contributed by atoms with E-state index in [-0.39, 0.29) is 0 Å². The van der Waals surface area contributed by atoms with Crippen LogP contribution in [0.25, 0.3) is 0 Å². The second-order valence-electron chi connectivity index (χ2n) is 5.55. The van der Waals surface area contributed by atoms with E-state index < -0.39 is 11.4 Å². The summed E-state index contributed by atoms with van der Waals surface area (Å²) in [6.45, 7) is 2.39. The lowest BCUT2D eigenvalue weighted by Crippen LogP contribution is -2.35. The highest BCUT2D eigenvalue weighted by Gasteiger charge is 2.54. The summed E-state index contributed by atoms with van der Waals surface area (Å²) >= 11 is 11.0. The van der Waals surface area contributed by atoms with Crippen molar-refractivity contribution in [3.05, 3.63) is 19.8 Å². The van der Waals surface area contributed by atoms with Crippen molar-refractivity contribution in [1.82, 2.24) is 4.90 Å². The van der Waals surface area contributed by atoms with Crippen LogP contribution in [0.5, 0.6) is 0 Å². The zero-order valence-corrected chi connectivity index (χ0v) is 13.5. The first kappa shape index (κ1) is 13.9. The molecule has 2 fully saturated rings. The molecule has 1 saturated heterocycles. The second kappa shape index (κ2) is 5.02. The van der Waals surface area contributed by atoms with E-state index in [0.717, 1.165) is 41.2 Å². The van der Waals surface area contributed by atoms with Gasteiger partial charge in [-0.1, -0.05) is 18.0 Å². The molecule has 1 saturated carbocycles. The molecule has 0 aromatic carbocycles. The minimum absolute atomic E-state index is 0.323. The lowest BCUT2D eigenvalue weighted by Gasteiger charge is -2.23. The van der Waals surface area contributed by atoms with Gasteiger partial charge in [-0.05, 0) is 40.8 Å². The Morgan fingerprint density at radius 1 is 1.68 bits per heavy atom. The molecule has 3 rings (SSSR count). The van der Waals surface area contributed by atoms with Crippen LogP contribution < -0.4 is 0 Å². The smallest absolute Gasteiger partial charge is 0.311 e. The third kappa shape index (κ3) is 2.35. The van der Waals surface area contributed by atoms with Gasteiger partial charge in [0.2, 0.25) is 0 Å². The fourth-order valence-electron chi connectivity index (χ4n) is 3.55. The predicted molar refractivity (Wildman–Crippen MR) is 79.7 cm³/mol. The molecule has 0 radical (unpaired) electrons. The number of hydrogen-bond acceptors (Lipinski definition) is 3. The lowest BCUT2D eigenvalue weighted by atomic mass is 9.81. The van der Waals surface area contributed by atoms with Crippen LogP contribution >= 0.6 is 38.9 Å². The summed E-state index contributed by atoms with van der Waals surface area (Å²) in [5, 5.41) is 9.55. The molecule has 2 heterocycles. The number of nitrogens with zero attached hydrogens (tertiary/aromatic N) is 1. The van der Waals surface area contributed by atoms with Gasteiger partial charge in [0.05, 0.1) is 5.41 Å². The number of rotatable bonds is 3. The molecule has 104 valence electrons. The van der Waals surface area contributed by atoms with Gasteiger partial charge in [-0.3, -0.25) is 9.69 Å². The fraction of sp³-hybridized carbons (Fsp3) is 0.615. The molecule has 2 aliphatic rings. The van der Waals surface area contributed by atoms with Crippen LogP contribution in [0.15, 0.2) is 10.5 Å². The van der Waals surface area contributed by atoms with Crippen LogP contribution in [-0.4, -0.2) is 29.1 Å². The van der Waals surface area contributed by atoms with Crippen molar-refractivity contribution in [2.45, 2.75) is 25.8 Å². The van der Waals surface area contributed by atoms with Crippen LogP contribution in [0.2, 0.25) is 4.34 Å². The minimum atomic E-state index is -0.608. The van der Waals surface area contributed by atoms with E-state index in [4.69, 9.17) is 11.6 Å². The molecular formula is C13H15BrClNO2S. The standard InChI is InChI=1S/C13H15BrClNO2S/c14-10-4-9(19-11(10)15)6-16-5-8-2-1-3-13(8,7-16)12(17)18/h4,8H,1-3,5-7H2,(H,17,18)/t8-,13+/m0/s1. The van der Waals surface area contributed by atoms with Crippen molar-refractivity contribution in [3.63, 3.8) is 0 Å². The van der Waals surface area contributed by atoms with Gasteiger partial charge >= 0.3 is 5.97 Å². The van der Waals surface area contributed by atoms with Gasteiger partial charge in [0, 0.05) is 29.0 Å². The van der Waals surface area contributed by atoms with E-state index >= 15 is 0 Å². The van der Waals surface area contributed by atoms with E-state index in [9.17, 15) is 9.90 Å². The van der Waals surface area contributed by atoms with Gasteiger partial charge in [0.25, 0.3) is 0 Å². The van der Waals surface area contributed by atoms with E-state index in [0.29, 0.717) is 12.5 Å². The molecule has 1 N–H and O–H groups in total. The van der Waals surface area contributed by atoms with E-state index in [2.05, 4.69) is 20.8 Å². The Hall–Kier alpha value is -0.100. The monoisotopic (exact) mass is 363 g/mol. The first-order valence-corrected chi connectivity index (χ1v) is 8.39. The van der Waals surface area contributed by atoms with Crippen LogP contribution in [0.4, 0.5) is 0 Å². The maximum absolute atomic E-state index is 11.6. The Balaban J connectivity index is 1.74. The molecule has 1 aromatic heterocycles. The molecule has 0 bridgehead atoms. The van der Waals surface area contributed by atoms with Crippen LogP contribution in [-0.2, 0) is 11.3 Å². The van der Waals surface area contributed by atoms with Gasteiger partial charge in [0.1, 0.15) is 4.34 Å². The number of carbonyl (C=O) groups is 1. The summed E-state index contributed by atoms with van der Waals surface area (Å²) in [6.07, 6.45) is 2.94. The van der Waals surface area contributed by atoms with Crippen molar-refractivity contribution in [2.24, 2.45) is 11.3 Å². The van der Waals surface area contributed by atoms with Gasteiger partial charge < -0.3 is 5.11 Å². The number of aliphatic carboxylic acids is 1. The van der Waals surface area contributed by atoms with Gasteiger partial charge in [-0.25, -0.2) is 0 Å². The van der Waals surface area contributed by atoms with Crippen molar-refractivity contribution in [1.29, 1.82) is 0 Å². The quantitative estimate of drug-likeness (QED) is 0.885. The maximum Gasteiger partial charge on any atom is 0.311 e. The third-order valence-corrected chi connectivity index (χ3v) is 6.90. The molecule has 1 aromatic rings. The highest BCUT2D eigenvalue weighted by molar-refractivity contribution is 9.10. The zero-order chi connectivity index (χ0) is 13.6. The molecule has 0 unspecified atom stereocenters. The number of carboxylic acids is 1. The number of carboxylic acid groups (broad SMARTS) is 1. The summed E-state index contributed by atoms with van der Waals surface area (Å²) in [4.78, 5) is 15.1. The summed E-state index contributed by atoms with van der Waals surface area (Å²) in [5.41, 5.74) is -0.488. The normalized spacial score (nSPS) is 30.7. The molecule has 0 spiro atoms. The van der Waals surface area contributed by atoms with Gasteiger partial charge in [0.15, 0.2) is 0 Å². The average molecular weight is 365 g/mol. The van der Waals surface area contributed by atoms with Crippen molar-refractivity contribution in [3.8, 4) is 0 Å². The van der Waals surface area contributed by atoms with E-state index in [1.165, 1.54) is 4.88 Å². The summed E-state index contributed by atoms with van der Waals surface area (Å²) in [6, 6.07) is 2.04. The largest absolute Gasteiger partial charge is 0.481 e. The Morgan fingerprint density at radius 2 is 2.47 bits per heavy atom. The van der Waals surface area contributed by atoms with Gasteiger partial charge in [-0.2, -0.15) is 0 Å².